The van der Waals surface area contributed by atoms with E-state index in [2.05, 4.69) is 15.1 Å². The van der Waals surface area contributed by atoms with Crippen molar-refractivity contribution < 1.29 is 14.3 Å². The van der Waals surface area contributed by atoms with Crippen LogP contribution in [0.4, 0.5) is 5.13 Å². The van der Waals surface area contributed by atoms with Gasteiger partial charge in [-0.3, -0.25) is 9.69 Å². The molecular weight excluding hydrogens is 340 g/mol. The van der Waals surface area contributed by atoms with E-state index in [-0.39, 0.29) is 5.91 Å². The molecule has 7 nitrogen and oxygen atoms in total. The maximum atomic E-state index is 10.9. The van der Waals surface area contributed by atoms with Crippen LogP contribution in [0.1, 0.15) is 6.92 Å². The van der Waals surface area contributed by atoms with Gasteiger partial charge in [-0.1, -0.05) is 11.3 Å². The van der Waals surface area contributed by atoms with Gasteiger partial charge in [-0.05, 0) is 12.1 Å². The molecule has 2 heterocycles. The zero-order valence-electron chi connectivity index (χ0n) is 14.9. The maximum absolute atomic E-state index is 10.9. The lowest BCUT2D eigenvalue weighted by molar-refractivity contribution is -0.119. The number of carbonyl (C=O) groups excluding carboxylic acids is 1. The number of hydrogen-bond acceptors (Lipinski definition) is 7. The fourth-order valence-corrected chi connectivity index (χ4v) is 4.09. The van der Waals surface area contributed by atoms with Gasteiger partial charge in [0.1, 0.15) is 21.7 Å². The first-order valence-corrected chi connectivity index (χ1v) is 9.17. The lowest BCUT2D eigenvalue weighted by Gasteiger charge is -2.34. The van der Waals surface area contributed by atoms with Gasteiger partial charge < -0.3 is 19.7 Å². The van der Waals surface area contributed by atoms with Crippen molar-refractivity contribution >= 4 is 32.6 Å². The van der Waals surface area contributed by atoms with Gasteiger partial charge in [0, 0.05) is 46.2 Å². The Balaban J connectivity index is 1.68. The van der Waals surface area contributed by atoms with Crippen molar-refractivity contribution in [2.45, 2.75) is 6.92 Å². The Morgan fingerprint density at radius 2 is 1.88 bits per heavy atom. The minimum Gasteiger partial charge on any atom is -0.495 e. The van der Waals surface area contributed by atoms with E-state index in [0.29, 0.717) is 6.54 Å². The van der Waals surface area contributed by atoms with Gasteiger partial charge in [0.25, 0.3) is 0 Å². The Kier molecular flexibility index (Phi) is 5.60. The van der Waals surface area contributed by atoms with Crippen molar-refractivity contribution in [3.05, 3.63) is 12.1 Å². The molecule has 136 valence electrons. The second-order valence-corrected chi connectivity index (χ2v) is 6.93. The molecule has 1 aliphatic rings. The van der Waals surface area contributed by atoms with Crippen LogP contribution >= 0.6 is 11.3 Å². The highest BCUT2D eigenvalue weighted by atomic mass is 32.1. The van der Waals surface area contributed by atoms with Crippen LogP contribution in [0.5, 0.6) is 11.5 Å². The second kappa shape index (κ2) is 7.88. The SMILES string of the molecule is COc1ccc(OC)c2sc(N3CCN(CCNC(C)=O)CC3)nc12. The number of thiazole rings is 1. The van der Waals surface area contributed by atoms with Crippen LogP contribution in [0.25, 0.3) is 10.2 Å². The van der Waals surface area contributed by atoms with E-state index in [0.717, 1.165) is 59.6 Å². The quantitative estimate of drug-likeness (QED) is 0.839. The highest BCUT2D eigenvalue weighted by Crippen LogP contribution is 2.40. The third kappa shape index (κ3) is 3.96. The number of amides is 1. The number of nitrogens with one attached hydrogen (secondary N) is 1. The molecule has 8 heteroatoms. The summed E-state index contributed by atoms with van der Waals surface area (Å²) in [5, 5.41) is 3.85. The maximum Gasteiger partial charge on any atom is 0.216 e. The number of methoxy groups -OCH3 is 2. The Morgan fingerprint density at radius 1 is 1.20 bits per heavy atom. The standard InChI is InChI=1S/C17H24N4O3S/c1-12(22)18-6-7-20-8-10-21(11-9-20)17-19-15-13(23-2)4-5-14(24-3)16(15)25-17/h4-5H,6-11H2,1-3H3,(H,18,22). The van der Waals surface area contributed by atoms with E-state index in [1.807, 2.05) is 12.1 Å². The predicted octanol–water partition coefficient (Wildman–Crippen LogP) is 1.57. The summed E-state index contributed by atoms with van der Waals surface area (Å²) in [5.41, 5.74) is 0.856. The number of aromatic nitrogens is 1. The fourth-order valence-electron chi connectivity index (χ4n) is 2.96. The van der Waals surface area contributed by atoms with E-state index in [1.165, 1.54) is 0 Å². The van der Waals surface area contributed by atoms with E-state index in [9.17, 15) is 4.79 Å². The number of carbonyl (C=O) groups is 1. The Bertz CT molecular complexity index is 700. The molecule has 1 amide bonds. The first-order chi connectivity index (χ1) is 12.1. The lowest BCUT2D eigenvalue weighted by Crippen LogP contribution is -2.48. The first-order valence-electron chi connectivity index (χ1n) is 8.35. The summed E-state index contributed by atoms with van der Waals surface area (Å²) in [6.07, 6.45) is 0. The molecule has 0 unspecified atom stereocenters. The molecule has 1 fully saturated rings. The van der Waals surface area contributed by atoms with Gasteiger partial charge >= 0.3 is 0 Å². The van der Waals surface area contributed by atoms with Crippen LogP contribution in [-0.4, -0.2) is 69.3 Å². The third-order valence-corrected chi connectivity index (χ3v) is 5.47. The van der Waals surface area contributed by atoms with Crippen LogP contribution in [-0.2, 0) is 4.79 Å². The highest BCUT2D eigenvalue weighted by Gasteiger charge is 2.21. The average Bonchev–Trinajstić information content (AvgIpc) is 3.06. The van der Waals surface area contributed by atoms with Crippen LogP contribution in [0.15, 0.2) is 12.1 Å². The topological polar surface area (TPSA) is 66.9 Å². The molecule has 0 atom stereocenters. The van der Waals surface area contributed by atoms with Gasteiger partial charge in [0.2, 0.25) is 5.91 Å². The number of rotatable bonds is 6. The number of benzene rings is 1. The minimum absolute atomic E-state index is 0.0241. The summed E-state index contributed by atoms with van der Waals surface area (Å²) in [7, 11) is 3.34. The number of piperazine rings is 1. The van der Waals surface area contributed by atoms with Gasteiger partial charge in [0.15, 0.2) is 5.13 Å². The van der Waals surface area contributed by atoms with Gasteiger partial charge in [-0.15, -0.1) is 0 Å². The third-order valence-electron chi connectivity index (χ3n) is 4.34. The van der Waals surface area contributed by atoms with Gasteiger partial charge in [-0.25, -0.2) is 4.98 Å². The smallest absolute Gasteiger partial charge is 0.216 e. The van der Waals surface area contributed by atoms with Crippen molar-refractivity contribution in [2.24, 2.45) is 0 Å². The molecule has 0 aliphatic carbocycles. The van der Waals surface area contributed by atoms with Gasteiger partial charge in [-0.2, -0.15) is 0 Å². The molecule has 3 rings (SSSR count). The summed E-state index contributed by atoms with van der Waals surface area (Å²) >= 11 is 1.64. The minimum atomic E-state index is 0.0241. The molecular formula is C17H24N4O3S. The van der Waals surface area contributed by atoms with Crippen LogP contribution in [0.3, 0.4) is 0 Å². The molecule has 0 saturated carbocycles. The number of hydrogen-bond donors (Lipinski definition) is 1. The van der Waals surface area contributed by atoms with E-state index >= 15 is 0 Å². The lowest BCUT2D eigenvalue weighted by atomic mass is 10.3. The van der Waals surface area contributed by atoms with Crippen molar-refractivity contribution in [3.63, 3.8) is 0 Å². The average molecular weight is 364 g/mol. The number of nitrogens with zero attached hydrogens (tertiary/aromatic N) is 3. The molecule has 1 N–H and O–H groups in total. The second-order valence-electron chi connectivity index (χ2n) is 5.96. The molecule has 1 aliphatic heterocycles. The van der Waals surface area contributed by atoms with E-state index in [1.54, 1.807) is 32.5 Å². The van der Waals surface area contributed by atoms with Crippen molar-refractivity contribution in [2.75, 3.05) is 58.4 Å². The molecule has 2 aromatic rings. The van der Waals surface area contributed by atoms with E-state index in [4.69, 9.17) is 14.5 Å². The van der Waals surface area contributed by atoms with Crippen LogP contribution < -0.4 is 19.7 Å². The summed E-state index contributed by atoms with van der Waals surface area (Å²) in [6, 6.07) is 3.81. The molecule has 1 aromatic carbocycles. The van der Waals surface area contributed by atoms with E-state index < -0.39 is 0 Å². The normalized spacial score (nSPS) is 15.4. The largest absolute Gasteiger partial charge is 0.495 e. The monoisotopic (exact) mass is 364 g/mol. The molecule has 1 saturated heterocycles. The molecule has 1 aromatic heterocycles. The summed E-state index contributed by atoms with van der Waals surface area (Å²) in [5.74, 6) is 1.62. The molecule has 0 spiro atoms. The molecule has 0 bridgehead atoms. The zero-order valence-corrected chi connectivity index (χ0v) is 15.7. The number of ether oxygens (including phenoxy) is 2. The summed E-state index contributed by atoms with van der Waals surface area (Å²) in [4.78, 5) is 20.4. The Labute approximate surface area is 151 Å². The highest BCUT2D eigenvalue weighted by molar-refractivity contribution is 7.22. The van der Waals surface area contributed by atoms with Crippen LogP contribution in [0, 0.1) is 0 Å². The molecule has 25 heavy (non-hydrogen) atoms. The number of anilines is 1. The predicted molar refractivity (Wildman–Crippen MR) is 100 cm³/mol. The first kappa shape index (κ1) is 17.8. The van der Waals surface area contributed by atoms with Crippen molar-refractivity contribution in [3.8, 4) is 11.5 Å². The van der Waals surface area contributed by atoms with Crippen LogP contribution in [0.2, 0.25) is 0 Å². The Hall–Kier alpha value is -2.06. The van der Waals surface area contributed by atoms with Crippen molar-refractivity contribution in [1.29, 1.82) is 0 Å². The molecule has 0 radical (unpaired) electrons. The Morgan fingerprint density at radius 3 is 2.52 bits per heavy atom. The number of fused-ring (bicyclic) bond motifs is 1. The summed E-state index contributed by atoms with van der Waals surface area (Å²) < 4.78 is 11.9. The summed E-state index contributed by atoms with van der Waals surface area (Å²) in [6.45, 7) is 6.90. The van der Waals surface area contributed by atoms with Crippen molar-refractivity contribution in [1.82, 2.24) is 15.2 Å². The zero-order chi connectivity index (χ0) is 17.8. The fraction of sp³-hybridized carbons (Fsp3) is 0.529. The van der Waals surface area contributed by atoms with Gasteiger partial charge in [0.05, 0.1) is 14.2 Å².